The minimum Gasteiger partial charge on any atom is -0.481 e. The molecule has 2 nitrogen and oxygen atoms in total. The molecular weight excluding hydrogens is 300 g/mol. The predicted octanol–water partition coefficient (Wildman–Crippen LogP) is 4.12. The van der Waals surface area contributed by atoms with Gasteiger partial charge < -0.3 is 5.11 Å². The van der Waals surface area contributed by atoms with Gasteiger partial charge in [0.2, 0.25) is 0 Å². The second-order valence-electron chi connectivity index (χ2n) is 6.35. The lowest BCUT2D eigenvalue weighted by atomic mass is 9.80. The predicted molar refractivity (Wildman–Crippen MR) is 70.7 cm³/mol. The van der Waals surface area contributed by atoms with E-state index in [2.05, 4.69) is 0 Å². The third-order valence-electron chi connectivity index (χ3n) is 5.33. The number of carbonyl (C=O) groups is 1. The van der Waals surface area contributed by atoms with Crippen LogP contribution in [0.5, 0.6) is 0 Å². The third-order valence-corrected chi connectivity index (χ3v) is 5.33. The molecule has 0 saturated heterocycles. The highest BCUT2D eigenvalue weighted by Crippen LogP contribution is 2.60. The Labute approximate surface area is 125 Å². The molecule has 0 aromatic heterocycles. The molecule has 120 valence electrons. The van der Waals surface area contributed by atoms with Crippen LogP contribution in [0, 0.1) is 36.3 Å². The molecule has 2 aliphatic rings. The molecule has 3 rings (SSSR count). The number of benzene rings is 1. The quantitative estimate of drug-likeness (QED) is 0.833. The largest absolute Gasteiger partial charge is 0.481 e. The van der Waals surface area contributed by atoms with Gasteiger partial charge in [0.25, 0.3) is 5.92 Å². The summed E-state index contributed by atoms with van der Waals surface area (Å²) in [5.74, 6) is -9.24. The van der Waals surface area contributed by atoms with Crippen molar-refractivity contribution in [3.05, 3.63) is 34.9 Å². The highest BCUT2D eigenvalue weighted by atomic mass is 19.3. The van der Waals surface area contributed by atoms with Crippen molar-refractivity contribution in [2.24, 2.45) is 17.8 Å². The summed E-state index contributed by atoms with van der Waals surface area (Å²) in [5.41, 5.74) is 0.364. The van der Waals surface area contributed by atoms with Crippen LogP contribution in [0.2, 0.25) is 0 Å². The molecule has 1 aromatic rings. The number of carboxylic acids is 1. The lowest BCUT2D eigenvalue weighted by molar-refractivity contribution is -0.142. The molecule has 1 aromatic carbocycles. The molecule has 2 fully saturated rings. The molecule has 2 saturated carbocycles. The van der Waals surface area contributed by atoms with Crippen LogP contribution in [0.4, 0.5) is 17.6 Å². The van der Waals surface area contributed by atoms with Crippen molar-refractivity contribution in [3.63, 3.8) is 0 Å². The zero-order valence-corrected chi connectivity index (χ0v) is 12.0. The first kappa shape index (κ1) is 15.3. The molecule has 0 aliphatic heterocycles. The van der Waals surface area contributed by atoms with Crippen LogP contribution in [0.1, 0.15) is 36.3 Å². The van der Waals surface area contributed by atoms with Crippen molar-refractivity contribution in [2.45, 2.75) is 38.0 Å². The monoisotopic (exact) mass is 316 g/mol. The fraction of sp³-hybridized carbons (Fsp3) is 0.562. The topological polar surface area (TPSA) is 37.3 Å². The van der Waals surface area contributed by atoms with Crippen molar-refractivity contribution < 1.29 is 27.5 Å². The molecule has 4 unspecified atom stereocenters. The fourth-order valence-corrected chi connectivity index (χ4v) is 4.28. The standard InChI is InChI=1S/C16H16F4O2/c1-7-8(2-3-12(17)14(7)18)13-9-4-5-16(19,20)11(9)6-10(13)15(21)22/h2-3,9-11,13H,4-6H2,1H3,(H,21,22). The number of hydrogen-bond donors (Lipinski definition) is 1. The van der Waals surface area contributed by atoms with E-state index in [0.717, 1.165) is 6.07 Å². The molecule has 0 radical (unpaired) electrons. The SMILES string of the molecule is Cc1c(C2C(C(=O)O)CC3C2CCC3(F)F)ccc(F)c1F. The Balaban J connectivity index is 2.07. The van der Waals surface area contributed by atoms with Crippen LogP contribution in [0.25, 0.3) is 0 Å². The van der Waals surface area contributed by atoms with Gasteiger partial charge in [0.1, 0.15) is 0 Å². The van der Waals surface area contributed by atoms with Crippen LogP contribution >= 0.6 is 0 Å². The van der Waals surface area contributed by atoms with Gasteiger partial charge in [0.15, 0.2) is 11.6 Å². The Morgan fingerprint density at radius 3 is 2.64 bits per heavy atom. The van der Waals surface area contributed by atoms with Crippen molar-refractivity contribution >= 4 is 5.97 Å². The smallest absolute Gasteiger partial charge is 0.307 e. The molecule has 0 spiro atoms. The van der Waals surface area contributed by atoms with Crippen LogP contribution in [-0.4, -0.2) is 17.0 Å². The van der Waals surface area contributed by atoms with Gasteiger partial charge in [-0.2, -0.15) is 0 Å². The van der Waals surface area contributed by atoms with E-state index in [1.165, 1.54) is 13.0 Å². The van der Waals surface area contributed by atoms with E-state index in [9.17, 15) is 27.5 Å². The number of halogens is 4. The van der Waals surface area contributed by atoms with Gasteiger partial charge in [0.05, 0.1) is 5.92 Å². The summed E-state index contributed by atoms with van der Waals surface area (Å²) in [7, 11) is 0. The summed E-state index contributed by atoms with van der Waals surface area (Å²) in [6.07, 6.45) is -0.172. The van der Waals surface area contributed by atoms with Gasteiger partial charge >= 0.3 is 5.97 Å². The number of hydrogen-bond acceptors (Lipinski definition) is 1. The van der Waals surface area contributed by atoms with Gasteiger partial charge in [-0.25, -0.2) is 17.6 Å². The summed E-state index contributed by atoms with van der Waals surface area (Å²) in [5, 5.41) is 9.37. The highest BCUT2D eigenvalue weighted by Gasteiger charge is 2.60. The lowest BCUT2D eigenvalue weighted by Crippen LogP contribution is -2.23. The lowest BCUT2D eigenvalue weighted by Gasteiger charge is -2.24. The Morgan fingerprint density at radius 1 is 1.32 bits per heavy atom. The fourth-order valence-electron chi connectivity index (χ4n) is 4.28. The first-order valence-corrected chi connectivity index (χ1v) is 7.29. The summed E-state index contributed by atoms with van der Waals surface area (Å²) in [6.45, 7) is 1.37. The maximum atomic E-state index is 13.9. The van der Waals surface area contributed by atoms with Crippen LogP contribution in [0.15, 0.2) is 12.1 Å². The summed E-state index contributed by atoms with van der Waals surface area (Å²) >= 11 is 0. The molecule has 0 heterocycles. The van der Waals surface area contributed by atoms with Gasteiger partial charge in [0, 0.05) is 18.3 Å². The van der Waals surface area contributed by atoms with Crippen LogP contribution in [-0.2, 0) is 4.79 Å². The second kappa shape index (κ2) is 4.96. The number of aliphatic carboxylic acids is 1. The number of fused-ring (bicyclic) bond motifs is 1. The maximum absolute atomic E-state index is 13.9. The van der Waals surface area contributed by atoms with Crippen LogP contribution in [0.3, 0.4) is 0 Å². The zero-order valence-electron chi connectivity index (χ0n) is 12.0. The van der Waals surface area contributed by atoms with E-state index in [-0.39, 0.29) is 24.8 Å². The van der Waals surface area contributed by atoms with E-state index in [4.69, 9.17) is 0 Å². The number of rotatable bonds is 2. The van der Waals surface area contributed by atoms with Crippen molar-refractivity contribution in [2.75, 3.05) is 0 Å². The molecule has 1 N–H and O–H groups in total. The summed E-state index contributed by atoms with van der Waals surface area (Å²) in [6, 6.07) is 2.28. The second-order valence-corrected chi connectivity index (χ2v) is 6.35. The van der Waals surface area contributed by atoms with Gasteiger partial charge in [-0.3, -0.25) is 4.79 Å². The molecule has 0 bridgehead atoms. The average Bonchev–Trinajstić information content (AvgIpc) is 2.95. The summed E-state index contributed by atoms with van der Waals surface area (Å²) < 4.78 is 55.0. The molecule has 0 amide bonds. The number of alkyl halides is 2. The van der Waals surface area contributed by atoms with E-state index in [1.807, 2.05) is 0 Å². The van der Waals surface area contributed by atoms with Gasteiger partial charge in [-0.05, 0) is 42.9 Å². The molecule has 4 atom stereocenters. The Kier molecular flexibility index (Phi) is 3.45. The van der Waals surface area contributed by atoms with E-state index >= 15 is 0 Å². The first-order valence-electron chi connectivity index (χ1n) is 7.29. The molecule has 2 aliphatic carbocycles. The normalized spacial score (nSPS) is 33.0. The molecule has 6 heteroatoms. The molecular formula is C16H16F4O2. The average molecular weight is 316 g/mol. The number of carboxylic acid groups (broad SMARTS) is 1. The minimum absolute atomic E-state index is 0.0205. The highest BCUT2D eigenvalue weighted by molar-refractivity contribution is 5.72. The van der Waals surface area contributed by atoms with Crippen molar-refractivity contribution in [1.29, 1.82) is 0 Å². The zero-order chi connectivity index (χ0) is 16.2. The first-order chi connectivity index (χ1) is 10.2. The molecule has 22 heavy (non-hydrogen) atoms. The maximum Gasteiger partial charge on any atom is 0.307 e. The van der Waals surface area contributed by atoms with E-state index in [0.29, 0.717) is 5.56 Å². The van der Waals surface area contributed by atoms with Gasteiger partial charge in [-0.1, -0.05) is 6.07 Å². The van der Waals surface area contributed by atoms with Crippen molar-refractivity contribution in [3.8, 4) is 0 Å². The van der Waals surface area contributed by atoms with E-state index in [1.54, 1.807) is 0 Å². The van der Waals surface area contributed by atoms with Crippen LogP contribution < -0.4 is 0 Å². The van der Waals surface area contributed by atoms with Crippen molar-refractivity contribution in [1.82, 2.24) is 0 Å². The third kappa shape index (κ3) is 2.11. The Hall–Kier alpha value is -1.59. The summed E-state index contributed by atoms with van der Waals surface area (Å²) in [4.78, 5) is 11.5. The minimum atomic E-state index is -2.88. The Morgan fingerprint density at radius 2 is 2.00 bits per heavy atom. The van der Waals surface area contributed by atoms with E-state index < -0.39 is 47.2 Å². The Bertz CT molecular complexity index is 629. The van der Waals surface area contributed by atoms with Gasteiger partial charge in [-0.15, -0.1) is 0 Å².